The molecule has 0 spiro atoms. The third kappa shape index (κ3) is 3.66. The average molecular weight is 472 g/mol. The van der Waals surface area contributed by atoms with Gasteiger partial charge in [-0.25, -0.2) is 0 Å². The second-order valence-electron chi connectivity index (χ2n) is 10.3. The van der Waals surface area contributed by atoms with E-state index < -0.39 is 0 Å². The van der Waals surface area contributed by atoms with E-state index in [0.717, 1.165) is 75.8 Å². The molecule has 0 radical (unpaired) electrons. The summed E-state index contributed by atoms with van der Waals surface area (Å²) in [5, 5.41) is 4.42. The van der Waals surface area contributed by atoms with Crippen molar-refractivity contribution in [3.63, 3.8) is 0 Å². The number of unbranched alkanes of at least 4 members (excludes halogenated alkanes) is 1. The molecule has 1 aliphatic carbocycles. The fraction of sp³-hybridized carbons (Fsp3) is 0.448. The number of rotatable bonds is 7. The number of hydrogen-bond acceptors (Lipinski definition) is 4. The number of nitrogens with zero attached hydrogens (tertiary/aromatic N) is 2. The summed E-state index contributed by atoms with van der Waals surface area (Å²) < 4.78 is 7.12. The van der Waals surface area contributed by atoms with Crippen molar-refractivity contribution in [3.8, 4) is 0 Å². The highest BCUT2D eigenvalue weighted by atomic mass is 16.5. The number of aromatic nitrogens is 1. The van der Waals surface area contributed by atoms with Crippen LogP contribution in [0.25, 0.3) is 10.9 Å². The number of methoxy groups -OCH3 is 1. The second kappa shape index (κ2) is 8.83. The lowest BCUT2D eigenvalue weighted by Gasteiger charge is -2.33. The molecule has 0 saturated carbocycles. The number of carbonyl (C=O) groups excluding carboxylic acids is 2. The number of esters is 1. The summed E-state index contributed by atoms with van der Waals surface area (Å²) in [7, 11) is 1.45. The lowest BCUT2D eigenvalue weighted by molar-refractivity contribution is -0.141. The summed E-state index contributed by atoms with van der Waals surface area (Å²) >= 11 is 0. The van der Waals surface area contributed by atoms with Crippen molar-refractivity contribution in [3.05, 3.63) is 64.8 Å². The molecule has 3 aromatic rings. The van der Waals surface area contributed by atoms with Gasteiger partial charge in [-0.1, -0.05) is 36.8 Å². The van der Waals surface area contributed by atoms with E-state index in [-0.39, 0.29) is 23.8 Å². The Labute approximate surface area is 206 Å². The average Bonchev–Trinajstić information content (AvgIpc) is 3.35. The zero-order valence-electron chi connectivity index (χ0n) is 20.4. The van der Waals surface area contributed by atoms with Crippen LogP contribution in [0.4, 0.5) is 5.69 Å². The van der Waals surface area contributed by atoms with Crippen molar-refractivity contribution in [2.75, 3.05) is 25.5 Å². The quantitative estimate of drug-likeness (QED) is 0.405. The standard InChI is InChI=1S/C29H33N3O3/c1-35-26(33)19-32-24-12-3-2-10-21(24)22-13-17-31(18-25(22)32)16-5-4-14-29-15-7-9-20-8-6-11-23(27(20)29)30-28(29)34/h2-3,6,8,10-12H,4-5,7,9,13-19H2,1H3,(H,30,34). The molecule has 6 nitrogen and oxygen atoms in total. The van der Waals surface area contributed by atoms with Gasteiger partial charge < -0.3 is 14.6 Å². The smallest absolute Gasteiger partial charge is 0.325 e. The van der Waals surface area contributed by atoms with Gasteiger partial charge >= 0.3 is 5.97 Å². The van der Waals surface area contributed by atoms with E-state index >= 15 is 0 Å². The number of para-hydroxylation sites is 1. The number of hydrogen-bond donors (Lipinski definition) is 1. The summed E-state index contributed by atoms with van der Waals surface area (Å²) in [4.78, 5) is 27.7. The van der Waals surface area contributed by atoms with Gasteiger partial charge in [-0.05, 0) is 73.9 Å². The van der Waals surface area contributed by atoms with Crippen LogP contribution in [-0.4, -0.2) is 41.5 Å². The Morgan fingerprint density at radius 3 is 2.89 bits per heavy atom. The Morgan fingerprint density at radius 1 is 1.11 bits per heavy atom. The SMILES string of the molecule is COC(=O)Cn1c2c(c3ccccc31)CCN(CCCCC13CCCc4cccc(c41)NC3=O)C2. The normalized spacial score (nSPS) is 21.0. The van der Waals surface area contributed by atoms with Crippen molar-refractivity contribution in [1.82, 2.24) is 9.47 Å². The van der Waals surface area contributed by atoms with E-state index in [9.17, 15) is 9.59 Å². The number of fused-ring (bicyclic) bond motifs is 3. The monoisotopic (exact) mass is 471 g/mol. The van der Waals surface area contributed by atoms with Crippen LogP contribution in [0.2, 0.25) is 0 Å². The second-order valence-corrected chi connectivity index (χ2v) is 10.3. The number of carbonyl (C=O) groups is 2. The first kappa shape index (κ1) is 22.4. The maximum atomic E-state index is 13.1. The van der Waals surface area contributed by atoms with Crippen LogP contribution in [0.15, 0.2) is 42.5 Å². The minimum atomic E-state index is -0.327. The van der Waals surface area contributed by atoms with Gasteiger partial charge in [0.05, 0.1) is 12.5 Å². The first-order valence-corrected chi connectivity index (χ1v) is 12.9. The van der Waals surface area contributed by atoms with E-state index in [1.165, 1.54) is 34.9 Å². The summed E-state index contributed by atoms with van der Waals surface area (Å²) in [6.45, 7) is 3.13. The van der Waals surface area contributed by atoms with E-state index in [1.54, 1.807) is 0 Å². The molecule has 182 valence electrons. The Morgan fingerprint density at radius 2 is 2.00 bits per heavy atom. The van der Waals surface area contributed by atoms with Crippen molar-refractivity contribution >= 4 is 28.5 Å². The molecule has 1 aromatic heterocycles. The van der Waals surface area contributed by atoms with Crippen LogP contribution in [0.3, 0.4) is 0 Å². The molecular weight excluding hydrogens is 438 g/mol. The Kier molecular flexibility index (Phi) is 5.64. The van der Waals surface area contributed by atoms with Crippen molar-refractivity contribution < 1.29 is 14.3 Å². The maximum Gasteiger partial charge on any atom is 0.325 e. The number of ether oxygens (including phenoxy) is 1. The van der Waals surface area contributed by atoms with Gasteiger partial charge in [0.25, 0.3) is 0 Å². The molecule has 35 heavy (non-hydrogen) atoms. The zero-order valence-corrected chi connectivity index (χ0v) is 20.4. The fourth-order valence-corrected chi connectivity index (χ4v) is 6.79. The molecule has 1 N–H and O–H groups in total. The van der Waals surface area contributed by atoms with Crippen LogP contribution >= 0.6 is 0 Å². The minimum Gasteiger partial charge on any atom is -0.468 e. The van der Waals surface area contributed by atoms with Gasteiger partial charge in [-0.3, -0.25) is 14.5 Å². The third-order valence-electron chi connectivity index (χ3n) is 8.45. The van der Waals surface area contributed by atoms with Crippen LogP contribution in [0.1, 0.15) is 54.5 Å². The summed E-state index contributed by atoms with van der Waals surface area (Å²) in [5.74, 6) is -0.0125. The van der Waals surface area contributed by atoms with Gasteiger partial charge in [-0.15, -0.1) is 0 Å². The largest absolute Gasteiger partial charge is 0.468 e. The predicted octanol–water partition coefficient (Wildman–Crippen LogP) is 4.57. The summed E-state index contributed by atoms with van der Waals surface area (Å²) in [6, 6.07) is 14.7. The van der Waals surface area contributed by atoms with E-state index in [1.807, 2.05) is 6.07 Å². The number of benzene rings is 2. The Hall–Kier alpha value is -3.12. The topological polar surface area (TPSA) is 63.6 Å². The van der Waals surface area contributed by atoms with E-state index in [2.05, 4.69) is 51.2 Å². The van der Waals surface area contributed by atoms with E-state index in [4.69, 9.17) is 4.74 Å². The highest BCUT2D eigenvalue weighted by molar-refractivity contribution is 6.07. The van der Waals surface area contributed by atoms with Crippen molar-refractivity contribution in [2.24, 2.45) is 0 Å². The number of amides is 1. The lowest BCUT2D eigenvalue weighted by Crippen LogP contribution is -2.37. The molecule has 3 aliphatic rings. The molecule has 0 fully saturated rings. The molecule has 0 saturated heterocycles. The number of aryl methyl sites for hydroxylation is 1. The Balaban J connectivity index is 1.14. The van der Waals surface area contributed by atoms with Crippen LogP contribution in [0, 0.1) is 0 Å². The summed E-state index contributed by atoms with van der Waals surface area (Å²) in [6.07, 6.45) is 7.15. The molecule has 3 heterocycles. The molecular formula is C29H33N3O3. The summed E-state index contributed by atoms with van der Waals surface area (Å²) in [5.41, 5.74) is 7.07. The van der Waals surface area contributed by atoms with Gasteiger partial charge in [0, 0.05) is 35.4 Å². The molecule has 0 bridgehead atoms. The van der Waals surface area contributed by atoms with Gasteiger partial charge in [0.2, 0.25) is 5.91 Å². The molecule has 2 aromatic carbocycles. The third-order valence-corrected chi connectivity index (χ3v) is 8.45. The Bertz CT molecular complexity index is 1310. The first-order chi connectivity index (χ1) is 17.1. The number of nitrogens with one attached hydrogen (secondary N) is 1. The van der Waals surface area contributed by atoms with Crippen LogP contribution in [0.5, 0.6) is 0 Å². The fourth-order valence-electron chi connectivity index (χ4n) is 6.79. The highest BCUT2D eigenvalue weighted by Gasteiger charge is 2.48. The van der Waals surface area contributed by atoms with Gasteiger partial charge in [0.15, 0.2) is 0 Å². The van der Waals surface area contributed by atoms with E-state index in [0.29, 0.717) is 0 Å². The van der Waals surface area contributed by atoms with Crippen molar-refractivity contribution in [2.45, 2.75) is 63.5 Å². The molecule has 6 heteroatoms. The van der Waals surface area contributed by atoms with Gasteiger partial charge in [0.1, 0.15) is 6.54 Å². The van der Waals surface area contributed by atoms with Crippen LogP contribution in [-0.2, 0) is 45.7 Å². The molecule has 2 aliphatic heterocycles. The maximum absolute atomic E-state index is 13.1. The van der Waals surface area contributed by atoms with Gasteiger partial charge in [-0.2, -0.15) is 0 Å². The first-order valence-electron chi connectivity index (χ1n) is 12.9. The number of anilines is 1. The molecule has 6 rings (SSSR count). The lowest BCUT2D eigenvalue weighted by atomic mass is 9.68. The highest BCUT2D eigenvalue weighted by Crippen LogP contribution is 2.49. The predicted molar refractivity (Wildman–Crippen MR) is 136 cm³/mol. The molecule has 1 amide bonds. The van der Waals surface area contributed by atoms with Crippen LogP contribution < -0.4 is 5.32 Å². The molecule has 1 unspecified atom stereocenters. The minimum absolute atomic E-state index is 0.203. The zero-order chi connectivity index (χ0) is 24.0. The molecule has 1 atom stereocenters. The van der Waals surface area contributed by atoms with Crippen molar-refractivity contribution in [1.29, 1.82) is 0 Å².